The van der Waals surface area contributed by atoms with Gasteiger partial charge in [0, 0.05) is 11.9 Å². The number of amides is 1. The first-order chi connectivity index (χ1) is 9.20. The third kappa shape index (κ3) is 3.19. The first-order valence-electron chi connectivity index (χ1n) is 5.67. The molecule has 1 heterocycles. The van der Waals surface area contributed by atoms with Gasteiger partial charge < -0.3 is 15.8 Å². The summed E-state index contributed by atoms with van der Waals surface area (Å²) < 4.78 is 5.07. The number of aromatic nitrogens is 2. The molecule has 98 valence electrons. The van der Waals surface area contributed by atoms with Crippen LogP contribution in [0.5, 0.6) is 5.75 Å². The molecule has 19 heavy (non-hydrogen) atoms. The molecule has 0 fully saturated rings. The van der Waals surface area contributed by atoms with Crippen LogP contribution in [0.15, 0.2) is 36.8 Å². The van der Waals surface area contributed by atoms with Crippen molar-refractivity contribution in [3.8, 4) is 5.75 Å². The van der Waals surface area contributed by atoms with Gasteiger partial charge in [-0.3, -0.25) is 4.79 Å². The first-order valence-corrected chi connectivity index (χ1v) is 5.67. The molecule has 1 amide bonds. The Hall–Kier alpha value is -2.63. The largest absolute Gasteiger partial charge is 0.497 e. The summed E-state index contributed by atoms with van der Waals surface area (Å²) in [5, 5.41) is 2.74. The van der Waals surface area contributed by atoms with E-state index in [2.05, 4.69) is 15.3 Å². The maximum atomic E-state index is 12.0. The molecule has 0 aliphatic carbocycles. The van der Waals surface area contributed by atoms with Crippen molar-refractivity contribution in [1.82, 2.24) is 15.3 Å². The van der Waals surface area contributed by atoms with E-state index in [0.717, 1.165) is 5.69 Å². The van der Waals surface area contributed by atoms with Crippen molar-refractivity contribution in [1.29, 1.82) is 0 Å². The lowest BCUT2D eigenvalue weighted by Crippen LogP contribution is -2.24. The van der Waals surface area contributed by atoms with Crippen LogP contribution in [0.2, 0.25) is 0 Å². The molecular weight excluding hydrogens is 244 g/mol. The molecule has 2 aromatic rings. The lowest BCUT2D eigenvalue weighted by molar-refractivity contribution is 0.0951. The van der Waals surface area contributed by atoms with E-state index < -0.39 is 0 Å². The zero-order valence-electron chi connectivity index (χ0n) is 10.5. The number of nitrogens with one attached hydrogen (secondary N) is 1. The smallest absolute Gasteiger partial charge is 0.253 e. The average molecular weight is 258 g/mol. The van der Waals surface area contributed by atoms with E-state index in [1.807, 2.05) is 0 Å². The maximum absolute atomic E-state index is 12.0. The van der Waals surface area contributed by atoms with E-state index in [0.29, 0.717) is 23.5 Å². The number of methoxy groups -OCH3 is 1. The van der Waals surface area contributed by atoms with Gasteiger partial charge in [-0.15, -0.1) is 0 Å². The van der Waals surface area contributed by atoms with Gasteiger partial charge in [-0.2, -0.15) is 0 Å². The molecule has 0 aliphatic heterocycles. The minimum Gasteiger partial charge on any atom is -0.497 e. The molecular formula is C13H14N4O2. The highest BCUT2D eigenvalue weighted by Gasteiger charge is 2.10. The van der Waals surface area contributed by atoms with Crippen molar-refractivity contribution >= 4 is 11.6 Å². The standard InChI is InChI=1S/C13H14N4O2/c1-19-10-2-3-12(14)11(6-10)13(18)16-7-9-4-5-15-8-17-9/h2-6,8H,7,14H2,1H3,(H,16,18). The Kier molecular flexibility index (Phi) is 3.92. The summed E-state index contributed by atoms with van der Waals surface area (Å²) in [6, 6.07) is 6.68. The van der Waals surface area contributed by atoms with Crippen LogP contribution in [-0.2, 0) is 6.54 Å². The monoisotopic (exact) mass is 258 g/mol. The van der Waals surface area contributed by atoms with Crippen molar-refractivity contribution in [2.75, 3.05) is 12.8 Å². The summed E-state index contributed by atoms with van der Waals surface area (Å²) in [5.41, 5.74) is 7.29. The number of hydrogen-bond acceptors (Lipinski definition) is 5. The van der Waals surface area contributed by atoms with Crippen molar-refractivity contribution < 1.29 is 9.53 Å². The number of nitrogen functional groups attached to an aromatic ring is 1. The van der Waals surface area contributed by atoms with Crippen LogP contribution in [0.25, 0.3) is 0 Å². The zero-order valence-corrected chi connectivity index (χ0v) is 10.5. The summed E-state index contributed by atoms with van der Waals surface area (Å²) in [5.74, 6) is 0.316. The number of nitrogens with zero attached hydrogens (tertiary/aromatic N) is 2. The predicted octanol–water partition coefficient (Wildman–Crippen LogP) is 0.997. The van der Waals surface area contributed by atoms with Crippen LogP contribution in [0.1, 0.15) is 16.1 Å². The predicted molar refractivity (Wildman–Crippen MR) is 70.6 cm³/mol. The molecule has 0 radical (unpaired) electrons. The van der Waals surface area contributed by atoms with E-state index in [9.17, 15) is 4.79 Å². The number of benzene rings is 1. The van der Waals surface area contributed by atoms with Crippen LogP contribution < -0.4 is 15.8 Å². The van der Waals surface area contributed by atoms with Crippen molar-refractivity contribution in [3.63, 3.8) is 0 Å². The fourth-order valence-electron chi connectivity index (χ4n) is 1.55. The van der Waals surface area contributed by atoms with Crippen molar-refractivity contribution in [3.05, 3.63) is 48.0 Å². The average Bonchev–Trinajstić information content (AvgIpc) is 2.46. The van der Waals surface area contributed by atoms with Crippen LogP contribution in [0, 0.1) is 0 Å². The van der Waals surface area contributed by atoms with Gasteiger partial charge in [0.25, 0.3) is 5.91 Å². The van der Waals surface area contributed by atoms with Gasteiger partial charge in [0.05, 0.1) is 24.9 Å². The van der Waals surface area contributed by atoms with Crippen molar-refractivity contribution in [2.45, 2.75) is 6.54 Å². The fraction of sp³-hybridized carbons (Fsp3) is 0.154. The quantitative estimate of drug-likeness (QED) is 0.798. The lowest BCUT2D eigenvalue weighted by Gasteiger charge is -2.08. The van der Waals surface area contributed by atoms with Gasteiger partial charge in [0.1, 0.15) is 12.1 Å². The number of anilines is 1. The molecule has 0 aliphatic rings. The second-order valence-electron chi connectivity index (χ2n) is 3.84. The number of carbonyl (C=O) groups excluding carboxylic acids is 1. The summed E-state index contributed by atoms with van der Waals surface area (Å²) in [7, 11) is 1.54. The molecule has 6 nitrogen and oxygen atoms in total. The molecule has 1 aromatic heterocycles. The first kappa shape index (κ1) is 12.8. The van der Waals surface area contributed by atoms with E-state index >= 15 is 0 Å². The Morgan fingerprint density at radius 1 is 1.42 bits per heavy atom. The fourth-order valence-corrected chi connectivity index (χ4v) is 1.55. The number of hydrogen-bond donors (Lipinski definition) is 2. The normalized spacial score (nSPS) is 9.95. The number of rotatable bonds is 4. The summed E-state index contributed by atoms with van der Waals surface area (Å²) in [6.07, 6.45) is 3.05. The van der Waals surface area contributed by atoms with Crippen LogP contribution >= 0.6 is 0 Å². The van der Waals surface area contributed by atoms with Gasteiger partial charge >= 0.3 is 0 Å². The highest BCUT2D eigenvalue weighted by molar-refractivity contribution is 5.99. The zero-order chi connectivity index (χ0) is 13.7. The molecule has 0 unspecified atom stereocenters. The van der Waals surface area contributed by atoms with E-state index in [-0.39, 0.29) is 5.91 Å². The lowest BCUT2D eigenvalue weighted by atomic mass is 10.1. The number of ether oxygens (including phenoxy) is 1. The second kappa shape index (κ2) is 5.81. The summed E-state index contributed by atoms with van der Waals surface area (Å²) in [4.78, 5) is 19.8. The maximum Gasteiger partial charge on any atom is 0.253 e. The highest BCUT2D eigenvalue weighted by Crippen LogP contribution is 2.19. The number of carbonyl (C=O) groups is 1. The molecule has 0 saturated carbocycles. The van der Waals surface area contributed by atoms with E-state index in [1.54, 1.807) is 30.5 Å². The molecule has 0 saturated heterocycles. The minimum atomic E-state index is -0.269. The number of nitrogens with two attached hydrogens (primary N) is 1. The SMILES string of the molecule is COc1ccc(N)c(C(=O)NCc2ccncn2)c1. The topological polar surface area (TPSA) is 90.1 Å². The van der Waals surface area contributed by atoms with Crippen molar-refractivity contribution in [2.24, 2.45) is 0 Å². The molecule has 2 rings (SSSR count). The Bertz CT molecular complexity index is 572. The van der Waals surface area contributed by atoms with Gasteiger partial charge in [0.15, 0.2) is 0 Å². The third-order valence-corrected chi connectivity index (χ3v) is 2.58. The third-order valence-electron chi connectivity index (χ3n) is 2.58. The summed E-state index contributed by atoms with van der Waals surface area (Å²) >= 11 is 0. The van der Waals surface area contributed by atoms with Crippen LogP contribution in [0.3, 0.4) is 0 Å². The van der Waals surface area contributed by atoms with Crippen LogP contribution in [-0.4, -0.2) is 23.0 Å². The van der Waals surface area contributed by atoms with Gasteiger partial charge in [-0.25, -0.2) is 9.97 Å². The van der Waals surface area contributed by atoms with Crippen LogP contribution in [0.4, 0.5) is 5.69 Å². The van der Waals surface area contributed by atoms with E-state index in [4.69, 9.17) is 10.5 Å². The Labute approximate surface area is 110 Å². The van der Waals surface area contributed by atoms with E-state index in [1.165, 1.54) is 13.4 Å². The molecule has 1 aromatic carbocycles. The Morgan fingerprint density at radius 3 is 2.95 bits per heavy atom. The van der Waals surface area contributed by atoms with Gasteiger partial charge in [0.2, 0.25) is 0 Å². The Morgan fingerprint density at radius 2 is 2.26 bits per heavy atom. The molecule has 3 N–H and O–H groups in total. The summed E-state index contributed by atoms with van der Waals surface area (Å²) in [6.45, 7) is 0.317. The molecule has 0 bridgehead atoms. The minimum absolute atomic E-state index is 0.269. The highest BCUT2D eigenvalue weighted by atomic mass is 16.5. The van der Waals surface area contributed by atoms with Gasteiger partial charge in [-0.1, -0.05) is 0 Å². The Balaban J connectivity index is 2.08. The van der Waals surface area contributed by atoms with Gasteiger partial charge in [-0.05, 0) is 24.3 Å². The molecule has 6 heteroatoms. The molecule has 0 spiro atoms. The molecule has 0 atom stereocenters. The second-order valence-corrected chi connectivity index (χ2v) is 3.84.